The summed E-state index contributed by atoms with van der Waals surface area (Å²) >= 11 is 6.08. The molecule has 9 heteroatoms. The number of benzene rings is 2. The molecule has 28 heavy (non-hydrogen) atoms. The lowest BCUT2D eigenvalue weighted by Gasteiger charge is -2.07. The maximum Gasteiger partial charge on any atom is 0.296 e. The highest BCUT2D eigenvalue weighted by Gasteiger charge is 2.33. The van der Waals surface area contributed by atoms with Gasteiger partial charge in [-0.05, 0) is 30.2 Å². The number of hydrogen-bond acceptors (Lipinski definition) is 4. The molecule has 3 aromatic rings. The van der Waals surface area contributed by atoms with Crippen molar-refractivity contribution in [2.45, 2.75) is 18.2 Å². The first-order valence-electron chi connectivity index (χ1n) is 8.43. The Balaban J connectivity index is 2.03. The van der Waals surface area contributed by atoms with Crippen molar-refractivity contribution in [3.05, 3.63) is 52.5 Å². The Bertz CT molecular complexity index is 1280. The molecule has 0 saturated heterocycles. The predicted octanol–water partition coefficient (Wildman–Crippen LogP) is 2.89. The molecule has 2 aromatic carbocycles. The van der Waals surface area contributed by atoms with Gasteiger partial charge >= 0.3 is 0 Å². The molecule has 0 radical (unpaired) electrons. The second kappa shape index (κ2) is 6.44. The number of halogens is 1. The van der Waals surface area contributed by atoms with Gasteiger partial charge in [-0.2, -0.15) is 8.42 Å². The molecule has 144 valence electrons. The highest BCUT2D eigenvalue weighted by atomic mass is 35.5. The fourth-order valence-corrected chi connectivity index (χ4v) is 4.68. The molecule has 4 rings (SSSR count). The van der Waals surface area contributed by atoms with E-state index in [0.717, 1.165) is 5.56 Å². The van der Waals surface area contributed by atoms with Crippen LogP contribution in [-0.4, -0.2) is 35.9 Å². The van der Waals surface area contributed by atoms with Crippen molar-refractivity contribution in [1.82, 2.24) is 9.88 Å². The van der Waals surface area contributed by atoms with Crippen molar-refractivity contribution in [2.24, 2.45) is 0 Å². The van der Waals surface area contributed by atoms with E-state index in [9.17, 15) is 22.6 Å². The van der Waals surface area contributed by atoms with Crippen LogP contribution < -0.4 is 5.32 Å². The zero-order valence-corrected chi connectivity index (χ0v) is 16.3. The van der Waals surface area contributed by atoms with E-state index in [4.69, 9.17) is 11.6 Å². The van der Waals surface area contributed by atoms with E-state index in [0.29, 0.717) is 40.7 Å². The van der Waals surface area contributed by atoms with Crippen LogP contribution in [0.1, 0.15) is 22.8 Å². The Morgan fingerprint density at radius 2 is 1.89 bits per heavy atom. The lowest BCUT2D eigenvalue weighted by molar-refractivity contribution is -0.118. The summed E-state index contributed by atoms with van der Waals surface area (Å²) in [5, 5.41) is 3.02. The van der Waals surface area contributed by atoms with Gasteiger partial charge in [-0.1, -0.05) is 29.8 Å². The number of nitrogens with one attached hydrogen (secondary N) is 1. The number of carbonyl (C=O) groups is 2. The first-order valence-corrected chi connectivity index (χ1v) is 10.2. The average Bonchev–Trinajstić information content (AvgIpc) is 3.07. The van der Waals surface area contributed by atoms with Gasteiger partial charge in [0.25, 0.3) is 16.0 Å². The maximum atomic E-state index is 13.0. The predicted molar refractivity (Wildman–Crippen MR) is 104 cm³/mol. The molecule has 0 aliphatic carbocycles. The standard InChI is InChI=1S/C19H15ClN2O5S/c1-10(23)21-7-6-12-14-8-17(28(25,26)27)15(20)9-16(14)22-18(12)11-4-2-3-5-13(11)19(22)24/h2-5,8-9H,6-7H2,1H3,(H,21,23)(H,25,26,27). The van der Waals surface area contributed by atoms with Gasteiger partial charge in [0.15, 0.2) is 0 Å². The molecule has 1 aliphatic heterocycles. The minimum absolute atomic E-state index is 0.174. The molecule has 1 aliphatic rings. The molecule has 2 heterocycles. The number of amides is 1. The summed E-state index contributed by atoms with van der Waals surface area (Å²) in [5.41, 5.74) is 3.06. The molecule has 1 amide bonds. The number of carbonyl (C=O) groups excluding carboxylic acids is 2. The summed E-state index contributed by atoms with van der Waals surface area (Å²) in [7, 11) is -4.54. The third-order valence-electron chi connectivity index (χ3n) is 4.77. The Kier molecular flexibility index (Phi) is 4.29. The number of aromatic nitrogens is 1. The number of nitrogens with zero attached hydrogens (tertiary/aromatic N) is 1. The summed E-state index contributed by atoms with van der Waals surface area (Å²) in [6.07, 6.45) is 0.368. The van der Waals surface area contributed by atoms with Crippen LogP contribution in [0.15, 0.2) is 41.3 Å². The fraction of sp³-hybridized carbons (Fsp3) is 0.158. The normalized spacial score (nSPS) is 12.9. The lowest BCUT2D eigenvalue weighted by Crippen LogP contribution is -2.22. The van der Waals surface area contributed by atoms with Crippen molar-refractivity contribution in [3.8, 4) is 11.3 Å². The third kappa shape index (κ3) is 2.81. The van der Waals surface area contributed by atoms with E-state index in [1.54, 1.807) is 12.1 Å². The van der Waals surface area contributed by atoms with Crippen LogP contribution in [0.4, 0.5) is 0 Å². The van der Waals surface area contributed by atoms with Crippen LogP contribution in [0.3, 0.4) is 0 Å². The van der Waals surface area contributed by atoms with Crippen LogP contribution in [0.25, 0.3) is 22.2 Å². The van der Waals surface area contributed by atoms with Crippen LogP contribution in [0, 0.1) is 0 Å². The van der Waals surface area contributed by atoms with Gasteiger partial charge in [-0.3, -0.25) is 18.7 Å². The van der Waals surface area contributed by atoms with Gasteiger partial charge in [-0.15, -0.1) is 0 Å². The Labute approximate surface area is 165 Å². The van der Waals surface area contributed by atoms with Crippen molar-refractivity contribution >= 4 is 44.4 Å². The monoisotopic (exact) mass is 418 g/mol. The first kappa shape index (κ1) is 18.7. The van der Waals surface area contributed by atoms with Crippen LogP contribution in [0.2, 0.25) is 5.02 Å². The summed E-state index contributed by atoms with van der Waals surface area (Å²) in [6.45, 7) is 1.71. The van der Waals surface area contributed by atoms with Gasteiger partial charge in [0, 0.05) is 30.0 Å². The third-order valence-corrected chi connectivity index (χ3v) is 6.09. The minimum Gasteiger partial charge on any atom is -0.356 e. The minimum atomic E-state index is -4.54. The molecular weight excluding hydrogens is 404 g/mol. The number of hydrogen-bond donors (Lipinski definition) is 2. The Morgan fingerprint density at radius 1 is 1.21 bits per heavy atom. The molecule has 2 N–H and O–H groups in total. The van der Waals surface area contributed by atoms with E-state index in [1.165, 1.54) is 23.6 Å². The molecule has 0 unspecified atom stereocenters. The number of fused-ring (bicyclic) bond motifs is 5. The molecule has 0 bridgehead atoms. The van der Waals surface area contributed by atoms with Gasteiger partial charge in [-0.25, -0.2) is 0 Å². The van der Waals surface area contributed by atoms with Gasteiger partial charge < -0.3 is 5.32 Å². The zero-order valence-electron chi connectivity index (χ0n) is 14.7. The average molecular weight is 419 g/mol. The topological polar surface area (TPSA) is 105 Å². The second-order valence-corrected chi connectivity index (χ2v) is 8.32. The van der Waals surface area contributed by atoms with Gasteiger partial charge in [0.1, 0.15) is 4.90 Å². The zero-order chi connectivity index (χ0) is 20.2. The molecule has 7 nitrogen and oxygen atoms in total. The summed E-state index contributed by atoms with van der Waals surface area (Å²) in [5.74, 6) is -0.435. The number of rotatable bonds is 4. The Morgan fingerprint density at radius 3 is 2.54 bits per heavy atom. The smallest absolute Gasteiger partial charge is 0.296 e. The quantitative estimate of drug-likeness (QED) is 0.496. The summed E-state index contributed by atoms with van der Waals surface area (Å²) < 4.78 is 34.4. The van der Waals surface area contributed by atoms with Crippen LogP contribution in [-0.2, 0) is 21.3 Å². The highest BCUT2D eigenvalue weighted by Crippen LogP contribution is 2.43. The molecular formula is C19H15ClN2O5S. The second-order valence-electron chi connectivity index (χ2n) is 6.52. The van der Waals surface area contributed by atoms with Crippen molar-refractivity contribution in [3.63, 3.8) is 0 Å². The van der Waals surface area contributed by atoms with Crippen LogP contribution in [0.5, 0.6) is 0 Å². The van der Waals surface area contributed by atoms with E-state index < -0.39 is 15.0 Å². The molecule has 0 fully saturated rings. The first-order chi connectivity index (χ1) is 13.2. The van der Waals surface area contributed by atoms with Gasteiger partial charge in [0.05, 0.1) is 16.2 Å². The molecule has 0 spiro atoms. The molecule has 0 atom stereocenters. The Hall–Kier alpha value is -2.68. The SMILES string of the molecule is CC(=O)NCCc1c2n(c3cc(Cl)c(S(=O)(=O)O)cc13)C(=O)c1ccccc1-2. The van der Waals surface area contributed by atoms with Crippen LogP contribution >= 0.6 is 11.6 Å². The molecule has 1 aromatic heterocycles. The summed E-state index contributed by atoms with van der Waals surface area (Å²) in [6, 6.07) is 9.77. The van der Waals surface area contributed by atoms with Crippen molar-refractivity contribution in [2.75, 3.05) is 6.54 Å². The van der Waals surface area contributed by atoms with E-state index in [-0.39, 0.29) is 16.8 Å². The highest BCUT2D eigenvalue weighted by molar-refractivity contribution is 7.86. The fourth-order valence-electron chi connectivity index (χ4n) is 3.66. The van der Waals surface area contributed by atoms with Gasteiger partial charge in [0.2, 0.25) is 5.91 Å². The summed E-state index contributed by atoms with van der Waals surface area (Å²) in [4.78, 5) is 23.8. The maximum absolute atomic E-state index is 13.0. The largest absolute Gasteiger partial charge is 0.356 e. The van der Waals surface area contributed by atoms with E-state index in [2.05, 4.69) is 5.32 Å². The van der Waals surface area contributed by atoms with E-state index >= 15 is 0 Å². The lowest BCUT2D eigenvalue weighted by atomic mass is 10.00. The van der Waals surface area contributed by atoms with Crippen molar-refractivity contribution in [1.29, 1.82) is 0 Å². The van der Waals surface area contributed by atoms with Crippen molar-refractivity contribution < 1.29 is 22.6 Å². The molecule has 0 saturated carbocycles. The van der Waals surface area contributed by atoms with E-state index in [1.807, 2.05) is 12.1 Å².